The molecule has 1 unspecified atom stereocenters. The van der Waals surface area contributed by atoms with Gasteiger partial charge < -0.3 is 9.47 Å². The van der Waals surface area contributed by atoms with E-state index in [9.17, 15) is 4.39 Å². The predicted octanol–water partition coefficient (Wildman–Crippen LogP) is 4.70. The lowest BCUT2D eigenvalue weighted by molar-refractivity contribution is 0.171. The van der Waals surface area contributed by atoms with Gasteiger partial charge in [0.1, 0.15) is 19.0 Å². The van der Waals surface area contributed by atoms with Crippen LogP contribution in [-0.2, 0) is 0 Å². The number of aryl methyl sites for hydroxylation is 2. The van der Waals surface area contributed by atoms with E-state index in [0.29, 0.717) is 24.3 Å². The molecule has 0 radical (unpaired) electrons. The molecule has 3 rings (SSSR count). The number of hydrogen-bond donors (Lipinski definition) is 0. The summed E-state index contributed by atoms with van der Waals surface area (Å²) in [6.45, 7) is 4.73. The van der Waals surface area contributed by atoms with Gasteiger partial charge in [0.15, 0.2) is 11.5 Å². The van der Waals surface area contributed by atoms with Gasteiger partial charge in [-0.05, 0) is 48.2 Å². The molecule has 1 aliphatic rings. The average molecular weight is 351 g/mol. The highest BCUT2D eigenvalue weighted by Gasteiger charge is 2.17. The van der Waals surface area contributed by atoms with Gasteiger partial charge in [0.2, 0.25) is 0 Å². The van der Waals surface area contributed by atoms with Gasteiger partial charge in [0.05, 0.1) is 4.83 Å². The van der Waals surface area contributed by atoms with Gasteiger partial charge in [-0.3, -0.25) is 0 Å². The third kappa shape index (κ3) is 2.77. The lowest BCUT2D eigenvalue weighted by Gasteiger charge is -2.20. The molecular weight excluding hydrogens is 335 g/mol. The van der Waals surface area contributed by atoms with Crippen molar-refractivity contribution in [3.63, 3.8) is 0 Å². The number of halogens is 2. The fraction of sp³-hybridized carbons (Fsp3) is 0.294. The minimum Gasteiger partial charge on any atom is -0.486 e. The molecule has 2 aromatic rings. The van der Waals surface area contributed by atoms with Gasteiger partial charge in [0, 0.05) is 0 Å². The van der Waals surface area contributed by atoms with E-state index >= 15 is 0 Å². The van der Waals surface area contributed by atoms with Crippen LogP contribution in [0, 0.1) is 19.7 Å². The topological polar surface area (TPSA) is 18.5 Å². The number of fused-ring (bicyclic) bond motifs is 1. The highest BCUT2D eigenvalue weighted by molar-refractivity contribution is 9.09. The van der Waals surface area contributed by atoms with Crippen LogP contribution >= 0.6 is 15.9 Å². The van der Waals surface area contributed by atoms with Crippen molar-refractivity contribution in [1.29, 1.82) is 0 Å². The summed E-state index contributed by atoms with van der Waals surface area (Å²) < 4.78 is 24.9. The summed E-state index contributed by atoms with van der Waals surface area (Å²) >= 11 is 3.70. The lowest BCUT2D eigenvalue weighted by atomic mass is 9.99. The van der Waals surface area contributed by atoms with Gasteiger partial charge in [-0.1, -0.05) is 34.1 Å². The van der Waals surface area contributed by atoms with Crippen molar-refractivity contribution in [1.82, 2.24) is 0 Å². The second kappa shape index (κ2) is 5.68. The van der Waals surface area contributed by atoms with E-state index in [1.165, 1.54) is 0 Å². The minimum absolute atomic E-state index is 0.00803. The van der Waals surface area contributed by atoms with Crippen LogP contribution in [0.1, 0.15) is 27.1 Å². The zero-order chi connectivity index (χ0) is 15.0. The molecule has 2 aromatic carbocycles. The van der Waals surface area contributed by atoms with Crippen molar-refractivity contribution < 1.29 is 13.9 Å². The summed E-state index contributed by atoms with van der Waals surface area (Å²) in [5.41, 5.74) is 3.41. The maximum atomic E-state index is 13.7. The zero-order valence-corrected chi connectivity index (χ0v) is 13.5. The fourth-order valence-electron chi connectivity index (χ4n) is 2.54. The average Bonchev–Trinajstić information content (AvgIpc) is 2.51. The van der Waals surface area contributed by atoms with Crippen LogP contribution in [0.5, 0.6) is 11.5 Å². The molecule has 0 amide bonds. The molecule has 0 saturated carbocycles. The summed E-state index contributed by atoms with van der Waals surface area (Å²) in [6.07, 6.45) is 0. The fourth-order valence-corrected chi connectivity index (χ4v) is 3.08. The molecule has 2 nitrogen and oxygen atoms in total. The molecule has 1 atom stereocenters. The van der Waals surface area contributed by atoms with Crippen LogP contribution in [0.25, 0.3) is 0 Å². The largest absolute Gasteiger partial charge is 0.486 e. The Morgan fingerprint density at radius 2 is 1.57 bits per heavy atom. The Balaban J connectivity index is 1.96. The predicted molar refractivity (Wildman–Crippen MR) is 84.1 cm³/mol. The standard InChI is InChI=1S/C17H16BrFO2/c1-10-7-13(8-11(2)17(10)19)16(18)12-3-4-14-15(9-12)21-6-5-20-14/h3-4,7-9,16H,5-6H2,1-2H3. The highest BCUT2D eigenvalue weighted by Crippen LogP contribution is 2.38. The van der Waals surface area contributed by atoms with Crippen LogP contribution in [0.3, 0.4) is 0 Å². The molecule has 0 spiro atoms. The Morgan fingerprint density at radius 1 is 0.952 bits per heavy atom. The van der Waals surface area contributed by atoms with Crippen molar-refractivity contribution in [3.05, 3.63) is 58.4 Å². The molecule has 21 heavy (non-hydrogen) atoms. The Morgan fingerprint density at radius 3 is 2.24 bits per heavy atom. The number of alkyl halides is 1. The van der Waals surface area contributed by atoms with Crippen LogP contribution < -0.4 is 9.47 Å². The van der Waals surface area contributed by atoms with E-state index in [1.54, 1.807) is 13.8 Å². The molecule has 0 bridgehead atoms. The summed E-state index contributed by atoms with van der Waals surface area (Å²) in [6, 6.07) is 9.64. The SMILES string of the molecule is Cc1cc(C(Br)c2ccc3c(c2)OCCO3)cc(C)c1F. The first-order valence-electron chi connectivity index (χ1n) is 6.86. The van der Waals surface area contributed by atoms with E-state index in [-0.39, 0.29) is 10.6 Å². The third-order valence-corrected chi connectivity index (χ3v) is 4.67. The molecule has 1 heterocycles. The maximum absolute atomic E-state index is 13.7. The van der Waals surface area contributed by atoms with Crippen molar-refractivity contribution in [2.24, 2.45) is 0 Å². The van der Waals surface area contributed by atoms with Crippen molar-refractivity contribution in [2.45, 2.75) is 18.7 Å². The summed E-state index contributed by atoms with van der Waals surface area (Å²) in [7, 11) is 0. The Hall–Kier alpha value is -1.55. The van der Waals surface area contributed by atoms with Gasteiger partial charge in [0.25, 0.3) is 0 Å². The van der Waals surface area contributed by atoms with Crippen molar-refractivity contribution in [3.8, 4) is 11.5 Å². The molecule has 0 N–H and O–H groups in total. The van der Waals surface area contributed by atoms with Gasteiger partial charge in [-0.25, -0.2) is 4.39 Å². The quantitative estimate of drug-likeness (QED) is 0.731. The number of benzene rings is 2. The maximum Gasteiger partial charge on any atom is 0.161 e. The second-order valence-electron chi connectivity index (χ2n) is 5.23. The van der Waals surface area contributed by atoms with Crippen LogP contribution in [0.2, 0.25) is 0 Å². The molecule has 110 valence electrons. The molecular formula is C17H16BrFO2. The Labute approximate surface area is 132 Å². The van der Waals surface area contributed by atoms with E-state index in [1.807, 2.05) is 30.3 Å². The van der Waals surface area contributed by atoms with E-state index in [0.717, 1.165) is 22.6 Å². The van der Waals surface area contributed by atoms with Gasteiger partial charge in [-0.15, -0.1) is 0 Å². The zero-order valence-electron chi connectivity index (χ0n) is 12.0. The van der Waals surface area contributed by atoms with Crippen molar-refractivity contribution >= 4 is 15.9 Å². The van der Waals surface area contributed by atoms with Crippen LogP contribution in [0.4, 0.5) is 4.39 Å². The molecule has 0 aliphatic carbocycles. The van der Waals surface area contributed by atoms with Crippen molar-refractivity contribution in [2.75, 3.05) is 13.2 Å². The first kappa shape index (κ1) is 14.4. The van der Waals surface area contributed by atoms with E-state index in [4.69, 9.17) is 9.47 Å². The first-order valence-corrected chi connectivity index (χ1v) is 7.78. The summed E-state index contributed by atoms with van der Waals surface area (Å²) in [5.74, 6) is 1.40. The molecule has 0 fully saturated rings. The van der Waals surface area contributed by atoms with Gasteiger partial charge >= 0.3 is 0 Å². The molecule has 4 heteroatoms. The number of ether oxygens (including phenoxy) is 2. The Kier molecular flexibility index (Phi) is 3.89. The van der Waals surface area contributed by atoms with E-state index in [2.05, 4.69) is 15.9 Å². The monoisotopic (exact) mass is 350 g/mol. The second-order valence-corrected chi connectivity index (χ2v) is 6.15. The molecule has 0 aromatic heterocycles. The highest BCUT2D eigenvalue weighted by atomic mass is 79.9. The Bertz CT molecular complexity index is 661. The van der Waals surface area contributed by atoms with E-state index < -0.39 is 0 Å². The van der Waals surface area contributed by atoms with Crippen LogP contribution in [-0.4, -0.2) is 13.2 Å². The van der Waals surface area contributed by atoms with Crippen LogP contribution in [0.15, 0.2) is 30.3 Å². The lowest BCUT2D eigenvalue weighted by Crippen LogP contribution is -2.15. The molecule has 1 aliphatic heterocycles. The minimum atomic E-state index is -0.138. The summed E-state index contributed by atoms with van der Waals surface area (Å²) in [5, 5.41) is 0. The van der Waals surface area contributed by atoms with Gasteiger partial charge in [-0.2, -0.15) is 0 Å². The number of rotatable bonds is 2. The molecule has 0 saturated heterocycles. The number of hydrogen-bond acceptors (Lipinski definition) is 2. The smallest absolute Gasteiger partial charge is 0.161 e. The first-order chi connectivity index (χ1) is 10.1. The third-order valence-electron chi connectivity index (χ3n) is 3.61. The normalized spacial score (nSPS) is 14.9. The summed E-state index contributed by atoms with van der Waals surface area (Å²) in [4.78, 5) is -0.00803.